The first-order valence-electron chi connectivity index (χ1n) is 3.58. The minimum atomic E-state index is -6.18. The number of aromatic nitrogens is 3. The second-order valence-electron chi connectivity index (χ2n) is 2.66. The van der Waals surface area contributed by atoms with Gasteiger partial charge in [-0.15, -0.1) is 10.2 Å². The molecule has 0 aromatic carbocycles. The molecule has 0 atom stereocenters. The lowest BCUT2D eigenvalue weighted by molar-refractivity contribution is -0.350. The van der Waals surface area contributed by atoms with Crippen molar-refractivity contribution in [2.45, 2.75) is 18.0 Å². The number of nitrogens with zero attached hydrogens (tertiary/aromatic N) is 3. The van der Waals surface area contributed by atoms with Gasteiger partial charge in [0, 0.05) is 0 Å². The summed E-state index contributed by atoms with van der Waals surface area (Å²) in [6.45, 7) is 0. The SMILES string of the molecule is FC(F)(F)C(F)(c1ccnnn1)C(F)(F)F. The van der Waals surface area contributed by atoms with Crippen molar-refractivity contribution < 1.29 is 30.7 Å². The second kappa shape index (κ2) is 3.52. The molecule has 3 nitrogen and oxygen atoms in total. The van der Waals surface area contributed by atoms with Crippen LogP contribution in [0.1, 0.15) is 5.69 Å². The number of alkyl halides is 7. The van der Waals surface area contributed by atoms with Crippen LogP contribution in [0.15, 0.2) is 12.3 Å². The van der Waals surface area contributed by atoms with Gasteiger partial charge in [-0.1, -0.05) is 0 Å². The van der Waals surface area contributed by atoms with E-state index in [1.807, 2.05) is 0 Å². The Bertz CT molecular complexity index is 343. The summed E-state index contributed by atoms with van der Waals surface area (Å²) in [6.07, 6.45) is -11.9. The van der Waals surface area contributed by atoms with Crippen LogP contribution in [0.4, 0.5) is 30.7 Å². The lowest BCUT2D eigenvalue weighted by Gasteiger charge is -2.28. The average molecular weight is 249 g/mol. The van der Waals surface area contributed by atoms with Crippen molar-refractivity contribution in [1.82, 2.24) is 15.4 Å². The van der Waals surface area contributed by atoms with Crippen LogP contribution in [0.2, 0.25) is 0 Å². The molecule has 10 heteroatoms. The maximum absolute atomic E-state index is 13.2. The zero-order chi connectivity index (χ0) is 12.6. The molecule has 0 amide bonds. The van der Waals surface area contributed by atoms with Gasteiger partial charge in [0.25, 0.3) is 0 Å². The van der Waals surface area contributed by atoms with Gasteiger partial charge in [0.15, 0.2) is 0 Å². The van der Waals surface area contributed by atoms with E-state index >= 15 is 0 Å². The molecule has 0 saturated heterocycles. The highest BCUT2D eigenvalue weighted by atomic mass is 19.4. The summed E-state index contributed by atoms with van der Waals surface area (Å²) < 4.78 is 85.8. The van der Waals surface area contributed by atoms with Crippen LogP contribution in [0.3, 0.4) is 0 Å². The van der Waals surface area contributed by atoms with Crippen molar-refractivity contribution >= 4 is 0 Å². The topological polar surface area (TPSA) is 38.7 Å². The van der Waals surface area contributed by atoms with Gasteiger partial charge >= 0.3 is 18.0 Å². The zero-order valence-corrected chi connectivity index (χ0v) is 7.14. The van der Waals surface area contributed by atoms with Gasteiger partial charge in [-0.25, -0.2) is 4.39 Å². The van der Waals surface area contributed by atoms with Gasteiger partial charge in [0.1, 0.15) is 5.69 Å². The van der Waals surface area contributed by atoms with Gasteiger partial charge in [0.05, 0.1) is 6.20 Å². The first-order chi connectivity index (χ1) is 7.11. The highest BCUT2D eigenvalue weighted by molar-refractivity contribution is 5.15. The lowest BCUT2D eigenvalue weighted by atomic mass is 10.0. The average Bonchev–Trinajstić information content (AvgIpc) is 2.14. The Morgan fingerprint density at radius 2 is 1.38 bits per heavy atom. The summed E-state index contributed by atoms with van der Waals surface area (Å²) in [5.74, 6) is 0. The van der Waals surface area contributed by atoms with E-state index < -0.39 is 23.7 Å². The van der Waals surface area contributed by atoms with Gasteiger partial charge in [-0.3, -0.25) is 0 Å². The molecule has 1 heterocycles. The fourth-order valence-electron chi connectivity index (χ4n) is 0.876. The van der Waals surface area contributed by atoms with Crippen LogP contribution in [-0.2, 0) is 5.67 Å². The van der Waals surface area contributed by atoms with E-state index in [0.717, 1.165) is 0 Å². The van der Waals surface area contributed by atoms with E-state index in [2.05, 4.69) is 15.4 Å². The quantitative estimate of drug-likeness (QED) is 0.716. The third kappa shape index (κ3) is 1.78. The maximum Gasteiger partial charge on any atom is 0.437 e. The Balaban J connectivity index is 3.39. The molecule has 16 heavy (non-hydrogen) atoms. The first kappa shape index (κ1) is 12.6. The molecule has 0 unspecified atom stereocenters. The fourth-order valence-corrected chi connectivity index (χ4v) is 0.876. The van der Waals surface area contributed by atoms with E-state index in [9.17, 15) is 30.7 Å². The molecule has 0 spiro atoms. The van der Waals surface area contributed by atoms with Crippen molar-refractivity contribution in [3.05, 3.63) is 18.0 Å². The largest absolute Gasteiger partial charge is 0.437 e. The molecule has 1 rings (SSSR count). The highest BCUT2D eigenvalue weighted by Gasteiger charge is 2.74. The summed E-state index contributed by atoms with van der Waals surface area (Å²) in [4.78, 5) is 0. The molecule has 1 aromatic rings. The van der Waals surface area contributed by atoms with Crippen molar-refractivity contribution in [3.63, 3.8) is 0 Å². The zero-order valence-electron chi connectivity index (χ0n) is 7.14. The van der Waals surface area contributed by atoms with Crippen LogP contribution < -0.4 is 0 Å². The minimum absolute atomic E-state index is 0.161. The summed E-state index contributed by atoms with van der Waals surface area (Å²) in [7, 11) is 0. The molecule has 90 valence electrons. The summed E-state index contributed by atoms with van der Waals surface area (Å²) in [5, 5.41) is 7.81. The summed E-state index contributed by atoms with van der Waals surface area (Å²) >= 11 is 0. The molecule has 0 saturated carbocycles. The maximum atomic E-state index is 13.2. The molecule has 0 aliphatic carbocycles. The molecule has 1 aromatic heterocycles. The normalized spacial score (nSPS) is 13.9. The Morgan fingerprint density at radius 1 is 0.875 bits per heavy atom. The molecule has 0 bridgehead atoms. The van der Waals surface area contributed by atoms with Gasteiger partial charge in [-0.05, 0) is 11.3 Å². The van der Waals surface area contributed by atoms with Gasteiger partial charge in [-0.2, -0.15) is 26.3 Å². The van der Waals surface area contributed by atoms with Crippen molar-refractivity contribution in [1.29, 1.82) is 0 Å². The van der Waals surface area contributed by atoms with Crippen LogP contribution in [0.5, 0.6) is 0 Å². The van der Waals surface area contributed by atoms with Gasteiger partial charge in [0.2, 0.25) is 0 Å². The van der Waals surface area contributed by atoms with E-state index in [4.69, 9.17) is 0 Å². The fraction of sp³-hybridized carbons (Fsp3) is 0.500. The predicted molar refractivity (Wildman–Crippen MR) is 34.7 cm³/mol. The van der Waals surface area contributed by atoms with Crippen LogP contribution >= 0.6 is 0 Å². The predicted octanol–water partition coefficient (Wildman–Crippen LogP) is 2.16. The van der Waals surface area contributed by atoms with E-state index in [0.29, 0.717) is 6.20 Å². The second-order valence-corrected chi connectivity index (χ2v) is 2.66. The van der Waals surface area contributed by atoms with Crippen LogP contribution in [0.25, 0.3) is 0 Å². The van der Waals surface area contributed by atoms with E-state index in [1.165, 1.54) is 0 Å². The monoisotopic (exact) mass is 249 g/mol. The molecular formula is C6H2F7N3. The Kier molecular flexibility index (Phi) is 2.77. The lowest BCUT2D eigenvalue weighted by Crippen LogP contribution is -2.51. The van der Waals surface area contributed by atoms with Crippen molar-refractivity contribution in [2.24, 2.45) is 0 Å². The minimum Gasteiger partial charge on any atom is -0.216 e. The van der Waals surface area contributed by atoms with Crippen molar-refractivity contribution in [3.8, 4) is 0 Å². The van der Waals surface area contributed by atoms with Gasteiger partial charge < -0.3 is 0 Å². The number of rotatable bonds is 1. The smallest absolute Gasteiger partial charge is 0.216 e. The van der Waals surface area contributed by atoms with E-state index in [1.54, 1.807) is 0 Å². The molecule has 0 aliphatic heterocycles. The molecule has 0 aliphatic rings. The summed E-state index contributed by atoms with van der Waals surface area (Å²) in [5.41, 5.74) is -7.45. The number of halogens is 7. The summed E-state index contributed by atoms with van der Waals surface area (Å²) in [6, 6.07) is 0.161. The van der Waals surface area contributed by atoms with Crippen LogP contribution in [-0.4, -0.2) is 27.8 Å². The number of hydrogen-bond donors (Lipinski definition) is 0. The van der Waals surface area contributed by atoms with E-state index in [-0.39, 0.29) is 6.07 Å². The first-order valence-corrected chi connectivity index (χ1v) is 3.58. The molecule has 0 fully saturated rings. The Morgan fingerprint density at radius 3 is 1.69 bits per heavy atom. The number of hydrogen-bond acceptors (Lipinski definition) is 3. The third-order valence-corrected chi connectivity index (χ3v) is 1.64. The third-order valence-electron chi connectivity index (χ3n) is 1.64. The Labute approximate surface area is 83.3 Å². The van der Waals surface area contributed by atoms with Crippen LogP contribution in [0, 0.1) is 0 Å². The van der Waals surface area contributed by atoms with Crippen molar-refractivity contribution in [2.75, 3.05) is 0 Å². The molecule has 0 radical (unpaired) electrons. The molecule has 0 N–H and O–H groups in total. The highest BCUT2D eigenvalue weighted by Crippen LogP contribution is 2.52. The Hall–Kier alpha value is -1.48. The molecular weight excluding hydrogens is 247 g/mol. The standard InChI is InChI=1S/C6H2F7N3/c7-4(5(8,9)10,6(11,12)13)3-1-2-14-16-15-3/h1-2H.